The van der Waals surface area contributed by atoms with Crippen LogP contribution in [-0.2, 0) is 6.54 Å². The highest BCUT2D eigenvalue weighted by Crippen LogP contribution is 2.23. The van der Waals surface area contributed by atoms with Crippen LogP contribution in [0.15, 0.2) is 18.2 Å². The van der Waals surface area contributed by atoms with Gasteiger partial charge in [0, 0.05) is 23.7 Å². The lowest BCUT2D eigenvalue weighted by atomic mass is 10.1. The number of carbonyl (C=O) groups is 1. The highest BCUT2D eigenvalue weighted by Gasteiger charge is 2.13. The number of nitriles is 1. The number of ether oxygens (including phenoxy) is 1. The molecule has 0 spiro atoms. The first-order valence-corrected chi connectivity index (χ1v) is 6.83. The molecule has 1 unspecified atom stereocenters. The van der Waals surface area contributed by atoms with Gasteiger partial charge in [-0.05, 0) is 46.0 Å². The molecule has 0 saturated carbocycles. The first-order valence-electron chi connectivity index (χ1n) is 6.83. The van der Waals surface area contributed by atoms with Gasteiger partial charge in [-0.3, -0.25) is 9.69 Å². The summed E-state index contributed by atoms with van der Waals surface area (Å²) in [6, 6.07) is 7.85. The van der Waals surface area contributed by atoms with Gasteiger partial charge >= 0.3 is 0 Å². The molecule has 0 saturated heterocycles. The molecule has 0 bridgehead atoms. The fourth-order valence-corrected chi connectivity index (χ4v) is 1.93. The minimum absolute atomic E-state index is 0.0435. The van der Waals surface area contributed by atoms with Gasteiger partial charge in [0.1, 0.15) is 5.75 Å². The molecule has 0 aliphatic carbocycles. The molecular weight excluding hydrogens is 252 g/mol. The van der Waals surface area contributed by atoms with E-state index in [0.29, 0.717) is 25.1 Å². The van der Waals surface area contributed by atoms with E-state index in [1.807, 2.05) is 33.0 Å². The van der Waals surface area contributed by atoms with Crippen molar-refractivity contribution in [1.82, 2.24) is 4.90 Å². The molecule has 108 valence electrons. The molecule has 0 aliphatic rings. The van der Waals surface area contributed by atoms with Crippen LogP contribution in [0.5, 0.6) is 5.75 Å². The summed E-state index contributed by atoms with van der Waals surface area (Å²) in [6.07, 6.45) is 0.479. The van der Waals surface area contributed by atoms with Crippen LogP contribution >= 0.6 is 0 Å². The van der Waals surface area contributed by atoms with E-state index >= 15 is 0 Å². The van der Waals surface area contributed by atoms with Crippen molar-refractivity contribution in [3.63, 3.8) is 0 Å². The molecule has 0 N–H and O–H groups in total. The van der Waals surface area contributed by atoms with Crippen LogP contribution in [-0.4, -0.2) is 30.4 Å². The molecule has 1 aromatic carbocycles. The maximum absolute atomic E-state index is 11.5. The van der Waals surface area contributed by atoms with E-state index in [1.165, 1.54) is 0 Å². The van der Waals surface area contributed by atoms with Crippen LogP contribution < -0.4 is 4.74 Å². The smallest absolute Gasteiger partial charge is 0.159 e. The summed E-state index contributed by atoms with van der Waals surface area (Å²) in [5.74, 6) is 0.843. The Labute approximate surface area is 121 Å². The quantitative estimate of drug-likeness (QED) is 0.717. The Hall–Kier alpha value is -1.86. The highest BCUT2D eigenvalue weighted by atomic mass is 16.5. The zero-order valence-electron chi connectivity index (χ0n) is 12.6. The van der Waals surface area contributed by atoms with E-state index in [-0.39, 0.29) is 11.8 Å². The molecule has 0 radical (unpaired) electrons. The van der Waals surface area contributed by atoms with E-state index in [1.54, 1.807) is 13.0 Å². The molecule has 1 atom stereocenters. The summed E-state index contributed by atoms with van der Waals surface area (Å²) < 4.78 is 5.61. The fraction of sp³-hybridized carbons (Fsp3) is 0.500. The second kappa shape index (κ2) is 7.66. The van der Waals surface area contributed by atoms with Crippen molar-refractivity contribution in [3.8, 4) is 11.8 Å². The summed E-state index contributed by atoms with van der Waals surface area (Å²) in [5.41, 5.74) is 1.66. The van der Waals surface area contributed by atoms with E-state index in [2.05, 4.69) is 11.0 Å². The van der Waals surface area contributed by atoms with Crippen molar-refractivity contribution in [2.75, 3.05) is 13.7 Å². The molecule has 0 fully saturated rings. The topological polar surface area (TPSA) is 53.3 Å². The lowest BCUT2D eigenvalue weighted by Crippen LogP contribution is -2.28. The Balaban J connectivity index is 2.98. The number of hydrogen-bond acceptors (Lipinski definition) is 4. The Morgan fingerprint density at radius 1 is 1.50 bits per heavy atom. The van der Waals surface area contributed by atoms with Crippen LogP contribution in [0.1, 0.15) is 43.1 Å². The second-order valence-electron chi connectivity index (χ2n) is 4.94. The Morgan fingerprint density at radius 2 is 2.20 bits per heavy atom. The molecule has 20 heavy (non-hydrogen) atoms. The average molecular weight is 274 g/mol. The van der Waals surface area contributed by atoms with Gasteiger partial charge in [-0.25, -0.2) is 0 Å². The standard InChI is InChI=1S/C16H22N2O2/c1-5-20-16-7-6-14(13(3)19)10-15(16)11-18(4)12(2)8-9-17/h6-7,10,12H,5,8,11H2,1-4H3. The van der Waals surface area contributed by atoms with Crippen LogP contribution in [0.3, 0.4) is 0 Å². The van der Waals surface area contributed by atoms with Crippen LogP contribution in [0.2, 0.25) is 0 Å². The van der Waals surface area contributed by atoms with E-state index in [4.69, 9.17) is 10.00 Å². The molecule has 1 aromatic rings. The lowest BCUT2D eigenvalue weighted by Gasteiger charge is -2.24. The molecule has 0 amide bonds. The van der Waals surface area contributed by atoms with Gasteiger partial charge in [-0.15, -0.1) is 0 Å². The maximum Gasteiger partial charge on any atom is 0.159 e. The van der Waals surface area contributed by atoms with Gasteiger partial charge in [-0.1, -0.05) is 0 Å². The first kappa shape index (κ1) is 16.2. The van der Waals surface area contributed by atoms with Crippen molar-refractivity contribution in [2.45, 2.75) is 39.8 Å². The number of rotatable bonds is 7. The second-order valence-corrected chi connectivity index (χ2v) is 4.94. The molecule has 0 aliphatic heterocycles. The van der Waals surface area contributed by atoms with Crippen LogP contribution in [0.25, 0.3) is 0 Å². The zero-order valence-corrected chi connectivity index (χ0v) is 12.6. The SMILES string of the molecule is CCOc1ccc(C(C)=O)cc1CN(C)C(C)CC#N. The van der Waals surface area contributed by atoms with Crippen molar-refractivity contribution < 1.29 is 9.53 Å². The van der Waals surface area contributed by atoms with Gasteiger partial charge in [0.15, 0.2) is 5.78 Å². The van der Waals surface area contributed by atoms with Gasteiger partial charge in [-0.2, -0.15) is 5.26 Å². The minimum Gasteiger partial charge on any atom is -0.494 e. The number of hydrogen-bond donors (Lipinski definition) is 0. The number of carbonyl (C=O) groups excluding carboxylic acids is 1. The largest absolute Gasteiger partial charge is 0.494 e. The van der Waals surface area contributed by atoms with Crippen LogP contribution in [0.4, 0.5) is 0 Å². The summed E-state index contributed by atoms with van der Waals surface area (Å²) in [6.45, 7) is 6.74. The third kappa shape index (κ3) is 4.36. The van der Waals surface area contributed by atoms with Crippen molar-refractivity contribution in [2.24, 2.45) is 0 Å². The number of Topliss-reactive ketones (excluding diaryl/α,β-unsaturated/α-hetero) is 1. The normalized spacial score (nSPS) is 12.0. The monoisotopic (exact) mass is 274 g/mol. The summed E-state index contributed by atoms with van der Waals surface area (Å²) in [5, 5.41) is 8.76. The molecule has 4 heteroatoms. The van der Waals surface area contributed by atoms with Crippen LogP contribution in [0, 0.1) is 11.3 Å². The minimum atomic E-state index is 0.0435. The van der Waals surface area contributed by atoms with Gasteiger partial charge in [0.2, 0.25) is 0 Å². The van der Waals surface area contributed by atoms with Gasteiger partial charge < -0.3 is 4.74 Å². The predicted molar refractivity (Wildman–Crippen MR) is 78.8 cm³/mol. The van der Waals surface area contributed by atoms with Crippen molar-refractivity contribution >= 4 is 5.78 Å². The highest BCUT2D eigenvalue weighted by molar-refractivity contribution is 5.94. The third-order valence-electron chi connectivity index (χ3n) is 3.33. The first-order chi connectivity index (χ1) is 9.49. The fourth-order valence-electron chi connectivity index (χ4n) is 1.93. The van der Waals surface area contributed by atoms with Crippen molar-refractivity contribution in [3.05, 3.63) is 29.3 Å². The number of benzene rings is 1. The van der Waals surface area contributed by atoms with E-state index in [0.717, 1.165) is 11.3 Å². The molecular formula is C16H22N2O2. The summed E-state index contributed by atoms with van der Waals surface area (Å²) >= 11 is 0. The molecule has 4 nitrogen and oxygen atoms in total. The van der Waals surface area contributed by atoms with Crippen molar-refractivity contribution in [1.29, 1.82) is 5.26 Å². The molecule has 1 rings (SSSR count). The molecule has 0 aromatic heterocycles. The summed E-state index contributed by atoms with van der Waals surface area (Å²) in [4.78, 5) is 13.6. The van der Waals surface area contributed by atoms with E-state index in [9.17, 15) is 4.79 Å². The third-order valence-corrected chi connectivity index (χ3v) is 3.33. The zero-order chi connectivity index (χ0) is 15.1. The summed E-state index contributed by atoms with van der Waals surface area (Å²) in [7, 11) is 1.97. The molecule has 0 heterocycles. The Bertz CT molecular complexity index is 506. The maximum atomic E-state index is 11.5. The van der Waals surface area contributed by atoms with E-state index < -0.39 is 0 Å². The number of nitrogens with zero attached hydrogens (tertiary/aromatic N) is 2. The van der Waals surface area contributed by atoms with Gasteiger partial charge in [0.05, 0.1) is 19.1 Å². The van der Waals surface area contributed by atoms with Gasteiger partial charge in [0.25, 0.3) is 0 Å². The predicted octanol–water partition coefficient (Wildman–Crippen LogP) is 3.02. The lowest BCUT2D eigenvalue weighted by molar-refractivity contribution is 0.101. The Kier molecular flexibility index (Phi) is 6.20. The Morgan fingerprint density at radius 3 is 2.75 bits per heavy atom. The average Bonchev–Trinajstić information content (AvgIpc) is 2.40. The number of ketones is 1.